The third-order valence-electron chi connectivity index (χ3n) is 4.29. The number of hydrogen-bond donors (Lipinski definition) is 2. The van der Waals surface area contributed by atoms with E-state index in [1.54, 1.807) is 0 Å². The number of ether oxygens (including phenoxy) is 1. The summed E-state index contributed by atoms with van der Waals surface area (Å²) in [6, 6.07) is 1.19. The van der Waals surface area contributed by atoms with E-state index in [1.807, 2.05) is 0 Å². The first-order chi connectivity index (χ1) is 11.0. The van der Waals surface area contributed by atoms with Crippen LogP contribution in [0.4, 0.5) is 0 Å². The van der Waals surface area contributed by atoms with Crippen molar-refractivity contribution in [1.29, 1.82) is 0 Å². The van der Waals surface area contributed by atoms with E-state index in [9.17, 15) is 0 Å². The largest absolute Gasteiger partial charge is 0.380 e. The van der Waals surface area contributed by atoms with Gasteiger partial charge in [-0.15, -0.1) is 0 Å². The summed E-state index contributed by atoms with van der Waals surface area (Å²) >= 11 is 0. The maximum atomic E-state index is 5.63. The van der Waals surface area contributed by atoms with Crippen molar-refractivity contribution < 1.29 is 4.74 Å². The van der Waals surface area contributed by atoms with Gasteiger partial charge in [-0.3, -0.25) is 4.99 Å². The first-order valence-corrected chi connectivity index (χ1v) is 9.39. The van der Waals surface area contributed by atoms with Gasteiger partial charge in [0.05, 0.1) is 13.2 Å². The summed E-state index contributed by atoms with van der Waals surface area (Å²) in [6.45, 7) is 16.6. The zero-order valence-electron chi connectivity index (χ0n) is 15.9. The van der Waals surface area contributed by atoms with Gasteiger partial charge in [-0.05, 0) is 46.0 Å². The number of nitrogens with one attached hydrogen (secondary N) is 2. The van der Waals surface area contributed by atoms with Gasteiger partial charge in [-0.25, -0.2) is 0 Å². The van der Waals surface area contributed by atoms with E-state index >= 15 is 0 Å². The Bertz CT molecular complexity index is 323. The molecule has 0 unspecified atom stereocenters. The molecule has 1 aliphatic heterocycles. The van der Waals surface area contributed by atoms with Crippen LogP contribution in [-0.2, 0) is 4.74 Å². The second-order valence-corrected chi connectivity index (χ2v) is 7.10. The Kier molecular flexibility index (Phi) is 10.3. The van der Waals surface area contributed by atoms with Crippen LogP contribution in [0, 0.1) is 5.92 Å². The minimum Gasteiger partial charge on any atom is -0.380 e. The van der Waals surface area contributed by atoms with Crippen LogP contribution in [0.25, 0.3) is 0 Å². The van der Waals surface area contributed by atoms with Crippen molar-refractivity contribution in [2.24, 2.45) is 10.9 Å². The first kappa shape index (κ1) is 20.2. The molecule has 0 spiro atoms. The Morgan fingerprint density at radius 3 is 2.43 bits per heavy atom. The number of aliphatic imine (C=N–C) groups is 1. The van der Waals surface area contributed by atoms with Crippen molar-refractivity contribution in [3.05, 3.63) is 0 Å². The van der Waals surface area contributed by atoms with Crippen molar-refractivity contribution >= 4 is 5.96 Å². The lowest BCUT2D eigenvalue weighted by Crippen LogP contribution is -2.49. The van der Waals surface area contributed by atoms with Gasteiger partial charge in [-0.2, -0.15) is 0 Å². The van der Waals surface area contributed by atoms with Crippen LogP contribution >= 0.6 is 0 Å². The van der Waals surface area contributed by atoms with Crippen molar-refractivity contribution in [3.63, 3.8) is 0 Å². The van der Waals surface area contributed by atoms with Gasteiger partial charge in [0.1, 0.15) is 0 Å². The average molecular weight is 327 g/mol. The maximum absolute atomic E-state index is 5.63. The Hall–Kier alpha value is -0.810. The monoisotopic (exact) mass is 326 g/mol. The Labute approximate surface area is 143 Å². The van der Waals surface area contributed by atoms with E-state index < -0.39 is 0 Å². The van der Waals surface area contributed by atoms with Crippen molar-refractivity contribution in [1.82, 2.24) is 15.5 Å². The molecule has 0 aromatic carbocycles. The number of likely N-dealkylation sites (tertiary alicyclic amines) is 1. The number of rotatable bonds is 9. The smallest absolute Gasteiger partial charge is 0.191 e. The molecular weight excluding hydrogens is 288 g/mol. The Balaban J connectivity index is 2.27. The van der Waals surface area contributed by atoms with Gasteiger partial charge in [-0.1, -0.05) is 13.8 Å². The van der Waals surface area contributed by atoms with Gasteiger partial charge in [0.25, 0.3) is 0 Å². The second-order valence-electron chi connectivity index (χ2n) is 7.10. The van der Waals surface area contributed by atoms with E-state index in [0.717, 1.165) is 32.1 Å². The molecule has 0 bridgehead atoms. The molecule has 136 valence electrons. The lowest BCUT2D eigenvalue weighted by atomic mass is 10.0. The van der Waals surface area contributed by atoms with E-state index in [2.05, 4.69) is 55.1 Å². The van der Waals surface area contributed by atoms with Crippen LogP contribution in [0.2, 0.25) is 0 Å². The number of nitrogens with zero attached hydrogens (tertiary/aromatic N) is 2. The molecule has 1 fully saturated rings. The first-order valence-electron chi connectivity index (χ1n) is 9.39. The van der Waals surface area contributed by atoms with Crippen LogP contribution in [0.3, 0.4) is 0 Å². The number of guanidine groups is 1. The van der Waals surface area contributed by atoms with E-state index in [-0.39, 0.29) is 0 Å². The van der Waals surface area contributed by atoms with Crippen LogP contribution in [0.5, 0.6) is 0 Å². The standard InChI is InChI=1S/C18H38N4O/c1-6-19-18(20-10-14-23-13-9-15(2)3)21-17-7-11-22(12-8-17)16(4)5/h15-17H,6-14H2,1-5H3,(H2,19,20,21). The summed E-state index contributed by atoms with van der Waals surface area (Å²) in [4.78, 5) is 7.18. The molecule has 1 heterocycles. The van der Waals surface area contributed by atoms with E-state index in [0.29, 0.717) is 24.6 Å². The van der Waals surface area contributed by atoms with Gasteiger partial charge in [0.2, 0.25) is 0 Å². The van der Waals surface area contributed by atoms with Gasteiger partial charge in [0.15, 0.2) is 5.96 Å². The molecule has 23 heavy (non-hydrogen) atoms. The molecule has 0 aliphatic carbocycles. The highest BCUT2D eigenvalue weighted by atomic mass is 16.5. The third-order valence-corrected chi connectivity index (χ3v) is 4.29. The van der Waals surface area contributed by atoms with Crippen LogP contribution < -0.4 is 10.6 Å². The fourth-order valence-electron chi connectivity index (χ4n) is 2.72. The molecule has 5 nitrogen and oxygen atoms in total. The lowest BCUT2D eigenvalue weighted by molar-refractivity contribution is 0.130. The van der Waals surface area contributed by atoms with Crippen molar-refractivity contribution in [3.8, 4) is 0 Å². The quantitative estimate of drug-likeness (QED) is 0.388. The van der Waals surface area contributed by atoms with E-state index in [4.69, 9.17) is 4.74 Å². The number of piperidine rings is 1. The zero-order chi connectivity index (χ0) is 17.1. The molecule has 1 saturated heterocycles. The van der Waals surface area contributed by atoms with Crippen LogP contribution in [-0.4, -0.2) is 62.3 Å². The fraction of sp³-hybridized carbons (Fsp3) is 0.944. The molecule has 0 radical (unpaired) electrons. The summed E-state index contributed by atoms with van der Waals surface area (Å²) in [5.41, 5.74) is 0. The molecule has 2 N–H and O–H groups in total. The second kappa shape index (κ2) is 11.7. The summed E-state index contributed by atoms with van der Waals surface area (Å²) in [7, 11) is 0. The Morgan fingerprint density at radius 1 is 1.17 bits per heavy atom. The molecule has 1 rings (SSSR count). The summed E-state index contributed by atoms with van der Waals surface area (Å²) in [5.74, 6) is 1.64. The summed E-state index contributed by atoms with van der Waals surface area (Å²) < 4.78 is 5.63. The zero-order valence-corrected chi connectivity index (χ0v) is 15.9. The molecule has 5 heteroatoms. The van der Waals surface area contributed by atoms with Gasteiger partial charge in [0, 0.05) is 38.3 Å². The minimum absolute atomic E-state index is 0.532. The van der Waals surface area contributed by atoms with Crippen molar-refractivity contribution in [2.75, 3.05) is 39.4 Å². The van der Waals surface area contributed by atoms with E-state index in [1.165, 1.54) is 25.9 Å². The molecule has 0 aromatic heterocycles. The molecular formula is C18H38N4O. The molecule has 0 saturated carbocycles. The van der Waals surface area contributed by atoms with Crippen molar-refractivity contribution in [2.45, 2.75) is 66.0 Å². The molecule has 0 aromatic rings. The normalized spacial score (nSPS) is 18.0. The van der Waals surface area contributed by atoms with Gasteiger partial charge >= 0.3 is 0 Å². The SMILES string of the molecule is CCNC(=NCCOCCC(C)C)NC1CCN(C(C)C)CC1. The highest BCUT2D eigenvalue weighted by Crippen LogP contribution is 2.12. The molecule has 1 aliphatic rings. The minimum atomic E-state index is 0.532. The average Bonchev–Trinajstić information content (AvgIpc) is 2.51. The summed E-state index contributed by atoms with van der Waals surface area (Å²) in [6.07, 6.45) is 3.50. The topological polar surface area (TPSA) is 48.9 Å². The fourth-order valence-corrected chi connectivity index (χ4v) is 2.72. The van der Waals surface area contributed by atoms with Gasteiger partial charge < -0.3 is 20.3 Å². The predicted octanol–water partition coefficient (Wildman–Crippen LogP) is 2.48. The highest BCUT2D eigenvalue weighted by Gasteiger charge is 2.21. The lowest BCUT2D eigenvalue weighted by Gasteiger charge is -2.35. The predicted molar refractivity (Wildman–Crippen MR) is 99.1 cm³/mol. The highest BCUT2D eigenvalue weighted by molar-refractivity contribution is 5.80. The van der Waals surface area contributed by atoms with Crippen LogP contribution in [0.15, 0.2) is 4.99 Å². The molecule has 0 atom stereocenters. The van der Waals surface area contributed by atoms with Crippen LogP contribution in [0.1, 0.15) is 53.9 Å². The number of hydrogen-bond acceptors (Lipinski definition) is 3. The third kappa shape index (κ3) is 9.16. The maximum Gasteiger partial charge on any atom is 0.191 e. The Morgan fingerprint density at radius 2 is 1.87 bits per heavy atom. The summed E-state index contributed by atoms with van der Waals surface area (Å²) in [5, 5.41) is 6.92. The molecule has 0 amide bonds.